The number of amides is 1. The van der Waals surface area contributed by atoms with E-state index in [1.54, 1.807) is 0 Å². The largest absolute Gasteiger partial charge is 0.341 e. The van der Waals surface area contributed by atoms with Gasteiger partial charge in [-0.1, -0.05) is 13.3 Å². The van der Waals surface area contributed by atoms with Gasteiger partial charge in [0.1, 0.15) is 0 Å². The summed E-state index contributed by atoms with van der Waals surface area (Å²) in [6.07, 6.45) is 5.57. The average Bonchev–Trinajstić information content (AvgIpc) is 2.11. The van der Waals surface area contributed by atoms with Crippen LogP contribution in [0.3, 0.4) is 0 Å². The predicted molar refractivity (Wildman–Crippen MR) is 57.9 cm³/mol. The van der Waals surface area contributed by atoms with Crippen molar-refractivity contribution in [2.24, 2.45) is 11.7 Å². The molecule has 1 fully saturated rings. The molecule has 1 amide bonds. The molecule has 82 valence electrons. The predicted octanol–water partition coefficient (Wildman–Crippen LogP) is 1.37. The summed E-state index contributed by atoms with van der Waals surface area (Å²) in [6, 6.07) is 0. The molecule has 3 heteroatoms. The van der Waals surface area contributed by atoms with Crippen LogP contribution in [0.2, 0.25) is 0 Å². The van der Waals surface area contributed by atoms with Crippen molar-refractivity contribution in [3.8, 4) is 0 Å². The maximum absolute atomic E-state index is 11.8. The molecule has 2 N–H and O–H groups in total. The van der Waals surface area contributed by atoms with Crippen LogP contribution in [0.15, 0.2) is 0 Å². The van der Waals surface area contributed by atoms with Gasteiger partial charge in [-0.3, -0.25) is 4.79 Å². The number of nitrogens with zero attached hydrogens (tertiary/aromatic N) is 1. The van der Waals surface area contributed by atoms with Crippen LogP contribution in [-0.4, -0.2) is 30.4 Å². The van der Waals surface area contributed by atoms with E-state index < -0.39 is 0 Å². The van der Waals surface area contributed by atoms with Gasteiger partial charge in [0.05, 0.1) is 0 Å². The van der Waals surface area contributed by atoms with Crippen molar-refractivity contribution >= 4 is 5.91 Å². The lowest BCUT2D eigenvalue weighted by Crippen LogP contribution is -2.37. The Bertz CT molecular complexity index is 172. The van der Waals surface area contributed by atoms with Crippen LogP contribution < -0.4 is 5.73 Å². The molecule has 1 aliphatic carbocycles. The monoisotopic (exact) mass is 198 g/mol. The number of nitrogens with two attached hydrogens (primary N) is 1. The molecule has 1 rings (SSSR count). The molecule has 0 aromatic carbocycles. The van der Waals surface area contributed by atoms with Crippen molar-refractivity contribution in [3.05, 3.63) is 0 Å². The standard InChI is InChI=1S/C11H22N2O/c1-2-7-13(8-6-12)11(14)9-10-4-3-5-10/h10H,2-9,12H2,1H3. The van der Waals surface area contributed by atoms with E-state index >= 15 is 0 Å². The highest BCUT2D eigenvalue weighted by Crippen LogP contribution is 2.29. The molecule has 0 heterocycles. The minimum Gasteiger partial charge on any atom is -0.341 e. The second-order valence-electron chi connectivity index (χ2n) is 4.17. The van der Waals surface area contributed by atoms with Gasteiger partial charge in [-0.2, -0.15) is 0 Å². The molecule has 0 bridgehead atoms. The highest BCUT2D eigenvalue weighted by molar-refractivity contribution is 5.76. The Morgan fingerprint density at radius 3 is 2.57 bits per heavy atom. The van der Waals surface area contributed by atoms with Crippen molar-refractivity contribution in [3.63, 3.8) is 0 Å². The van der Waals surface area contributed by atoms with Crippen LogP contribution in [-0.2, 0) is 4.79 Å². The summed E-state index contributed by atoms with van der Waals surface area (Å²) in [7, 11) is 0. The molecule has 1 aliphatic rings. The molecule has 0 atom stereocenters. The van der Waals surface area contributed by atoms with Crippen molar-refractivity contribution < 1.29 is 4.79 Å². The van der Waals surface area contributed by atoms with E-state index in [0.29, 0.717) is 18.4 Å². The molecule has 0 aliphatic heterocycles. The van der Waals surface area contributed by atoms with Crippen molar-refractivity contribution in [1.82, 2.24) is 4.90 Å². The number of hydrogen-bond donors (Lipinski definition) is 1. The lowest BCUT2D eigenvalue weighted by atomic mass is 9.82. The maximum atomic E-state index is 11.8. The quantitative estimate of drug-likeness (QED) is 0.700. The molecule has 0 spiro atoms. The second-order valence-corrected chi connectivity index (χ2v) is 4.17. The Balaban J connectivity index is 2.28. The highest BCUT2D eigenvalue weighted by Gasteiger charge is 2.23. The highest BCUT2D eigenvalue weighted by atomic mass is 16.2. The first-order valence-corrected chi connectivity index (χ1v) is 5.75. The van der Waals surface area contributed by atoms with Gasteiger partial charge in [-0.15, -0.1) is 0 Å². The van der Waals surface area contributed by atoms with E-state index in [1.165, 1.54) is 19.3 Å². The van der Waals surface area contributed by atoms with Gasteiger partial charge in [0.25, 0.3) is 0 Å². The molecule has 14 heavy (non-hydrogen) atoms. The molecule has 0 unspecified atom stereocenters. The Morgan fingerprint density at radius 2 is 2.14 bits per heavy atom. The molecule has 3 nitrogen and oxygen atoms in total. The topological polar surface area (TPSA) is 46.3 Å². The van der Waals surface area contributed by atoms with Crippen LogP contribution in [0.4, 0.5) is 0 Å². The molecule has 0 radical (unpaired) electrons. The summed E-state index contributed by atoms with van der Waals surface area (Å²) >= 11 is 0. The van der Waals surface area contributed by atoms with Gasteiger partial charge in [0.15, 0.2) is 0 Å². The van der Waals surface area contributed by atoms with E-state index in [0.717, 1.165) is 25.9 Å². The summed E-state index contributed by atoms with van der Waals surface area (Å²) in [5, 5.41) is 0. The number of rotatable bonds is 6. The molecule has 0 aromatic heterocycles. The van der Waals surface area contributed by atoms with E-state index in [1.807, 2.05) is 4.90 Å². The van der Waals surface area contributed by atoms with Gasteiger partial charge in [0, 0.05) is 26.1 Å². The van der Waals surface area contributed by atoms with E-state index in [9.17, 15) is 4.79 Å². The Labute approximate surface area is 86.6 Å². The summed E-state index contributed by atoms with van der Waals surface area (Å²) in [6.45, 7) is 4.26. The lowest BCUT2D eigenvalue weighted by molar-refractivity contribution is -0.132. The smallest absolute Gasteiger partial charge is 0.222 e. The minimum atomic E-state index is 0.307. The minimum absolute atomic E-state index is 0.307. The van der Waals surface area contributed by atoms with Crippen LogP contribution in [0, 0.1) is 5.92 Å². The fraction of sp³-hybridized carbons (Fsp3) is 0.909. The first-order chi connectivity index (χ1) is 6.77. The van der Waals surface area contributed by atoms with Gasteiger partial charge < -0.3 is 10.6 Å². The third-order valence-corrected chi connectivity index (χ3v) is 2.93. The fourth-order valence-electron chi connectivity index (χ4n) is 1.86. The number of hydrogen-bond acceptors (Lipinski definition) is 2. The van der Waals surface area contributed by atoms with E-state index in [2.05, 4.69) is 6.92 Å². The lowest BCUT2D eigenvalue weighted by Gasteiger charge is -2.28. The molecule has 1 saturated carbocycles. The van der Waals surface area contributed by atoms with Crippen molar-refractivity contribution in [1.29, 1.82) is 0 Å². The number of carbonyl (C=O) groups is 1. The number of carbonyl (C=O) groups excluding carboxylic acids is 1. The molecular formula is C11H22N2O. The Hall–Kier alpha value is -0.570. The Morgan fingerprint density at radius 1 is 1.43 bits per heavy atom. The molecule has 0 aromatic rings. The summed E-state index contributed by atoms with van der Waals surface area (Å²) in [5.74, 6) is 0.974. The fourth-order valence-corrected chi connectivity index (χ4v) is 1.86. The zero-order valence-corrected chi connectivity index (χ0v) is 9.17. The van der Waals surface area contributed by atoms with Crippen LogP contribution in [0.5, 0.6) is 0 Å². The van der Waals surface area contributed by atoms with Crippen molar-refractivity contribution in [2.75, 3.05) is 19.6 Å². The van der Waals surface area contributed by atoms with E-state index in [4.69, 9.17) is 5.73 Å². The summed E-state index contributed by atoms with van der Waals surface area (Å²) in [4.78, 5) is 13.7. The van der Waals surface area contributed by atoms with Gasteiger partial charge in [0.2, 0.25) is 5.91 Å². The third kappa shape index (κ3) is 3.29. The SMILES string of the molecule is CCCN(CCN)C(=O)CC1CCC1. The third-order valence-electron chi connectivity index (χ3n) is 2.93. The van der Waals surface area contributed by atoms with E-state index in [-0.39, 0.29) is 0 Å². The Kier molecular flexibility index (Phi) is 4.94. The first-order valence-electron chi connectivity index (χ1n) is 5.75. The summed E-state index contributed by atoms with van der Waals surface area (Å²) in [5.41, 5.74) is 5.48. The van der Waals surface area contributed by atoms with Gasteiger partial charge in [-0.25, -0.2) is 0 Å². The first kappa shape index (κ1) is 11.5. The van der Waals surface area contributed by atoms with Crippen molar-refractivity contribution in [2.45, 2.75) is 39.0 Å². The normalized spacial score (nSPS) is 16.4. The van der Waals surface area contributed by atoms with Gasteiger partial charge in [-0.05, 0) is 25.2 Å². The second kappa shape index (κ2) is 6.02. The molecular weight excluding hydrogens is 176 g/mol. The zero-order valence-electron chi connectivity index (χ0n) is 9.17. The average molecular weight is 198 g/mol. The maximum Gasteiger partial charge on any atom is 0.222 e. The molecule has 0 saturated heterocycles. The van der Waals surface area contributed by atoms with Gasteiger partial charge >= 0.3 is 0 Å². The van der Waals surface area contributed by atoms with Crippen LogP contribution in [0.25, 0.3) is 0 Å². The van der Waals surface area contributed by atoms with Crippen LogP contribution >= 0.6 is 0 Å². The van der Waals surface area contributed by atoms with Crippen LogP contribution in [0.1, 0.15) is 39.0 Å². The summed E-state index contributed by atoms with van der Waals surface area (Å²) < 4.78 is 0. The zero-order chi connectivity index (χ0) is 10.4.